The predicted molar refractivity (Wildman–Crippen MR) is 79.2 cm³/mol. The van der Waals surface area contributed by atoms with Gasteiger partial charge >= 0.3 is 0 Å². The van der Waals surface area contributed by atoms with Crippen LogP contribution < -0.4 is 10.2 Å². The topological polar surface area (TPSA) is 58.4 Å². The van der Waals surface area contributed by atoms with E-state index < -0.39 is 0 Å². The molecule has 3 aromatic heterocycles. The molecule has 4 rings (SSSR count). The molecule has 1 saturated heterocycles. The van der Waals surface area contributed by atoms with E-state index in [2.05, 4.69) is 31.9 Å². The largest absolute Gasteiger partial charge is 0.351 e. The molecule has 1 aliphatic heterocycles. The van der Waals surface area contributed by atoms with Crippen molar-refractivity contribution in [1.82, 2.24) is 24.9 Å². The molecule has 1 fully saturated rings. The van der Waals surface area contributed by atoms with Crippen LogP contribution in [0.1, 0.15) is 0 Å². The van der Waals surface area contributed by atoms with Gasteiger partial charge in [-0.1, -0.05) is 6.07 Å². The quantitative estimate of drug-likeness (QED) is 0.768. The predicted octanol–water partition coefficient (Wildman–Crippen LogP) is 1.26. The Labute approximate surface area is 120 Å². The average Bonchev–Trinajstić information content (AvgIpc) is 3.18. The lowest BCUT2D eigenvalue weighted by Gasteiger charge is -2.28. The SMILES string of the molecule is c1csc(-c2cn3cnnc3c(N3CCNCC3)n2)c1. The number of anilines is 1. The first-order valence-electron chi connectivity index (χ1n) is 6.62. The van der Waals surface area contributed by atoms with Gasteiger partial charge in [-0.15, -0.1) is 21.5 Å². The molecule has 3 aromatic rings. The molecular weight excluding hydrogens is 272 g/mol. The highest BCUT2D eigenvalue weighted by Gasteiger charge is 2.18. The Morgan fingerprint density at radius 1 is 1.25 bits per heavy atom. The maximum atomic E-state index is 4.82. The summed E-state index contributed by atoms with van der Waals surface area (Å²) < 4.78 is 1.96. The summed E-state index contributed by atoms with van der Waals surface area (Å²) in [7, 11) is 0. The number of piperazine rings is 1. The van der Waals surface area contributed by atoms with Crippen LogP contribution in [0.15, 0.2) is 30.0 Å². The summed E-state index contributed by atoms with van der Waals surface area (Å²) in [5, 5.41) is 13.6. The Morgan fingerprint density at radius 2 is 2.15 bits per heavy atom. The van der Waals surface area contributed by atoms with Crippen molar-refractivity contribution in [3.05, 3.63) is 30.0 Å². The van der Waals surface area contributed by atoms with Crippen LogP contribution in [0.4, 0.5) is 5.82 Å². The molecule has 7 heteroatoms. The highest BCUT2D eigenvalue weighted by atomic mass is 32.1. The van der Waals surface area contributed by atoms with Crippen molar-refractivity contribution in [2.75, 3.05) is 31.1 Å². The van der Waals surface area contributed by atoms with Gasteiger partial charge in [-0.05, 0) is 11.4 Å². The molecule has 0 aromatic carbocycles. The first-order valence-corrected chi connectivity index (χ1v) is 7.50. The second kappa shape index (κ2) is 4.84. The fourth-order valence-corrected chi connectivity index (χ4v) is 3.13. The number of hydrogen-bond acceptors (Lipinski definition) is 6. The summed E-state index contributed by atoms with van der Waals surface area (Å²) in [6, 6.07) is 4.13. The number of nitrogens with zero attached hydrogens (tertiary/aromatic N) is 5. The van der Waals surface area contributed by atoms with Gasteiger partial charge in [0.05, 0.1) is 10.6 Å². The Kier molecular flexibility index (Phi) is 2.86. The number of nitrogens with one attached hydrogen (secondary N) is 1. The molecule has 4 heterocycles. The van der Waals surface area contributed by atoms with Crippen molar-refractivity contribution in [2.24, 2.45) is 0 Å². The first-order chi connectivity index (χ1) is 9.92. The van der Waals surface area contributed by atoms with Gasteiger partial charge in [0.1, 0.15) is 6.33 Å². The lowest BCUT2D eigenvalue weighted by atomic mass is 10.3. The summed E-state index contributed by atoms with van der Waals surface area (Å²) in [6.07, 6.45) is 3.73. The van der Waals surface area contributed by atoms with Gasteiger partial charge in [0.25, 0.3) is 0 Å². The minimum Gasteiger partial charge on any atom is -0.351 e. The van der Waals surface area contributed by atoms with Crippen LogP contribution in [0.2, 0.25) is 0 Å². The summed E-state index contributed by atoms with van der Waals surface area (Å²) in [5.74, 6) is 0.926. The summed E-state index contributed by atoms with van der Waals surface area (Å²) in [4.78, 5) is 8.26. The number of rotatable bonds is 2. The van der Waals surface area contributed by atoms with Crippen LogP contribution in [-0.2, 0) is 0 Å². The van der Waals surface area contributed by atoms with Gasteiger partial charge in [0.15, 0.2) is 5.82 Å². The van der Waals surface area contributed by atoms with Crippen LogP contribution in [0, 0.1) is 0 Å². The van der Waals surface area contributed by atoms with E-state index in [1.165, 1.54) is 0 Å². The van der Waals surface area contributed by atoms with Gasteiger partial charge < -0.3 is 10.2 Å². The molecular formula is C13H14N6S. The average molecular weight is 286 g/mol. The van der Waals surface area contributed by atoms with Crippen molar-refractivity contribution in [1.29, 1.82) is 0 Å². The second-order valence-electron chi connectivity index (χ2n) is 4.73. The highest BCUT2D eigenvalue weighted by molar-refractivity contribution is 7.13. The summed E-state index contributed by atoms with van der Waals surface area (Å²) in [6.45, 7) is 3.85. The van der Waals surface area contributed by atoms with Crippen molar-refractivity contribution in [3.8, 4) is 10.6 Å². The Morgan fingerprint density at radius 3 is 2.95 bits per heavy atom. The summed E-state index contributed by atoms with van der Waals surface area (Å²) in [5.41, 5.74) is 1.80. The molecule has 0 bridgehead atoms. The molecule has 0 radical (unpaired) electrons. The smallest absolute Gasteiger partial charge is 0.203 e. The molecule has 102 valence electrons. The maximum Gasteiger partial charge on any atom is 0.203 e. The maximum absolute atomic E-state index is 4.82. The Balaban J connectivity index is 1.86. The third-order valence-electron chi connectivity index (χ3n) is 3.45. The molecule has 0 amide bonds. The molecule has 1 N–H and O–H groups in total. The van der Waals surface area contributed by atoms with Gasteiger partial charge in [-0.3, -0.25) is 4.40 Å². The summed E-state index contributed by atoms with van der Waals surface area (Å²) >= 11 is 1.70. The van der Waals surface area contributed by atoms with Crippen molar-refractivity contribution >= 4 is 22.8 Å². The van der Waals surface area contributed by atoms with Crippen LogP contribution in [0.3, 0.4) is 0 Å². The minimum absolute atomic E-state index is 0.826. The fraction of sp³-hybridized carbons (Fsp3) is 0.308. The van der Waals surface area contributed by atoms with Crippen LogP contribution in [0.5, 0.6) is 0 Å². The normalized spacial score (nSPS) is 15.9. The number of hydrogen-bond donors (Lipinski definition) is 1. The Bertz CT molecular complexity index is 714. The van der Waals surface area contributed by atoms with Crippen LogP contribution in [0.25, 0.3) is 16.2 Å². The molecule has 0 saturated carbocycles. The molecule has 0 spiro atoms. The Hall–Kier alpha value is -1.99. The fourth-order valence-electron chi connectivity index (χ4n) is 2.45. The van der Waals surface area contributed by atoms with E-state index in [9.17, 15) is 0 Å². The van der Waals surface area contributed by atoms with E-state index >= 15 is 0 Å². The minimum atomic E-state index is 0.826. The molecule has 20 heavy (non-hydrogen) atoms. The van der Waals surface area contributed by atoms with E-state index in [0.29, 0.717) is 0 Å². The number of fused-ring (bicyclic) bond motifs is 1. The molecule has 0 atom stereocenters. The molecule has 0 unspecified atom stereocenters. The standard InChI is InChI=1S/C13H14N6S/c1-2-11(20-7-1)10-8-19-9-15-17-13(19)12(16-10)18-5-3-14-4-6-18/h1-2,7-9,14H,3-6H2. The van der Waals surface area contributed by atoms with E-state index in [1.807, 2.05) is 16.7 Å². The van der Waals surface area contributed by atoms with Gasteiger partial charge in [-0.25, -0.2) is 4.98 Å². The van der Waals surface area contributed by atoms with Crippen molar-refractivity contribution in [2.45, 2.75) is 0 Å². The molecule has 6 nitrogen and oxygen atoms in total. The zero-order valence-corrected chi connectivity index (χ0v) is 11.7. The second-order valence-corrected chi connectivity index (χ2v) is 5.67. The molecule has 0 aliphatic carbocycles. The van der Waals surface area contributed by atoms with Crippen LogP contribution in [-0.4, -0.2) is 45.8 Å². The molecule has 1 aliphatic rings. The van der Waals surface area contributed by atoms with Crippen molar-refractivity contribution in [3.63, 3.8) is 0 Å². The number of aromatic nitrogens is 4. The highest BCUT2D eigenvalue weighted by Crippen LogP contribution is 2.27. The van der Waals surface area contributed by atoms with E-state index in [-0.39, 0.29) is 0 Å². The monoisotopic (exact) mass is 286 g/mol. The zero-order chi connectivity index (χ0) is 13.4. The first kappa shape index (κ1) is 11.8. The van der Waals surface area contributed by atoms with Gasteiger partial charge in [0, 0.05) is 32.4 Å². The van der Waals surface area contributed by atoms with Crippen molar-refractivity contribution < 1.29 is 0 Å². The van der Waals surface area contributed by atoms with Crippen LogP contribution >= 0.6 is 11.3 Å². The lowest BCUT2D eigenvalue weighted by molar-refractivity contribution is 0.585. The van der Waals surface area contributed by atoms with E-state index in [1.54, 1.807) is 17.7 Å². The zero-order valence-electron chi connectivity index (χ0n) is 10.9. The lowest BCUT2D eigenvalue weighted by Crippen LogP contribution is -2.44. The third kappa shape index (κ3) is 1.95. The van der Waals surface area contributed by atoms with E-state index in [0.717, 1.165) is 48.2 Å². The van der Waals surface area contributed by atoms with E-state index in [4.69, 9.17) is 4.98 Å². The number of thiophene rings is 1. The van der Waals surface area contributed by atoms with Gasteiger partial charge in [-0.2, -0.15) is 0 Å². The van der Waals surface area contributed by atoms with Gasteiger partial charge in [0.2, 0.25) is 5.65 Å². The third-order valence-corrected chi connectivity index (χ3v) is 4.34.